The van der Waals surface area contributed by atoms with Crippen molar-refractivity contribution in [1.82, 2.24) is 19.4 Å². The Labute approximate surface area is 198 Å². The molecule has 1 aromatic rings. The molecule has 0 spiro atoms. The molecule has 0 radical (unpaired) electrons. The molecule has 0 aromatic heterocycles. The van der Waals surface area contributed by atoms with Crippen LogP contribution in [-0.2, 0) is 10.0 Å². The number of nitrogens with zero attached hydrogens (tertiary/aromatic N) is 4. The highest BCUT2D eigenvalue weighted by molar-refractivity contribution is 7.89. The summed E-state index contributed by atoms with van der Waals surface area (Å²) in [6, 6.07) is 5.24. The average molecular weight is 478 g/mol. The molecule has 33 heavy (non-hydrogen) atoms. The summed E-state index contributed by atoms with van der Waals surface area (Å²) in [4.78, 5) is 20.0. The van der Waals surface area contributed by atoms with Crippen molar-refractivity contribution in [2.24, 2.45) is 0 Å². The van der Waals surface area contributed by atoms with Crippen molar-refractivity contribution in [3.05, 3.63) is 23.8 Å². The molecule has 3 aliphatic heterocycles. The first-order valence-electron chi connectivity index (χ1n) is 12.5. The van der Waals surface area contributed by atoms with Crippen molar-refractivity contribution in [3.63, 3.8) is 0 Å². The van der Waals surface area contributed by atoms with E-state index in [0.29, 0.717) is 25.2 Å². The SMILES string of the molecule is CN1CCN(CCNC(=O)c2ccc(N3CCCCC3)c(S(=O)(=O)N3CCCCC3)c2)CC1. The van der Waals surface area contributed by atoms with Gasteiger partial charge in [-0.15, -0.1) is 0 Å². The summed E-state index contributed by atoms with van der Waals surface area (Å²) in [7, 11) is -1.51. The van der Waals surface area contributed by atoms with E-state index in [1.165, 1.54) is 6.42 Å². The number of carbonyl (C=O) groups is 1. The summed E-state index contributed by atoms with van der Waals surface area (Å²) in [6.45, 7) is 8.32. The first-order chi connectivity index (χ1) is 15.9. The van der Waals surface area contributed by atoms with Crippen molar-refractivity contribution < 1.29 is 13.2 Å². The molecule has 1 amide bonds. The summed E-state index contributed by atoms with van der Waals surface area (Å²) in [5.74, 6) is -0.204. The summed E-state index contributed by atoms with van der Waals surface area (Å²) in [5, 5.41) is 3.00. The number of sulfonamides is 1. The van der Waals surface area contributed by atoms with Gasteiger partial charge in [-0.1, -0.05) is 6.42 Å². The van der Waals surface area contributed by atoms with Gasteiger partial charge < -0.3 is 15.1 Å². The Morgan fingerprint density at radius 2 is 1.52 bits per heavy atom. The van der Waals surface area contributed by atoms with Crippen LogP contribution in [0.1, 0.15) is 48.9 Å². The molecular weight excluding hydrogens is 438 g/mol. The third-order valence-electron chi connectivity index (χ3n) is 7.16. The van der Waals surface area contributed by atoms with E-state index >= 15 is 0 Å². The summed E-state index contributed by atoms with van der Waals surface area (Å²) in [5.41, 5.74) is 1.17. The van der Waals surface area contributed by atoms with E-state index in [-0.39, 0.29) is 10.8 Å². The first kappa shape index (κ1) is 24.4. The molecule has 4 rings (SSSR count). The molecule has 1 aromatic carbocycles. The number of benzene rings is 1. The number of carbonyl (C=O) groups excluding carboxylic acids is 1. The smallest absolute Gasteiger partial charge is 0.251 e. The fourth-order valence-electron chi connectivity index (χ4n) is 5.00. The van der Waals surface area contributed by atoms with Crippen molar-refractivity contribution in [2.75, 3.05) is 77.4 Å². The molecule has 0 atom stereocenters. The Morgan fingerprint density at radius 3 is 2.18 bits per heavy atom. The van der Waals surface area contributed by atoms with E-state index in [9.17, 15) is 13.2 Å². The number of hydrogen-bond acceptors (Lipinski definition) is 6. The molecule has 1 N–H and O–H groups in total. The third-order valence-corrected chi connectivity index (χ3v) is 9.09. The predicted molar refractivity (Wildman–Crippen MR) is 131 cm³/mol. The van der Waals surface area contributed by atoms with E-state index < -0.39 is 10.0 Å². The summed E-state index contributed by atoms with van der Waals surface area (Å²) < 4.78 is 28.9. The van der Waals surface area contributed by atoms with Gasteiger partial charge in [0, 0.05) is 71.0 Å². The van der Waals surface area contributed by atoms with E-state index in [0.717, 1.165) is 83.6 Å². The van der Waals surface area contributed by atoms with E-state index in [2.05, 4.69) is 27.1 Å². The van der Waals surface area contributed by atoms with Crippen LogP contribution in [0.4, 0.5) is 5.69 Å². The molecule has 3 heterocycles. The van der Waals surface area contributed by atoms with Gasteiger partial charge in [0.2, 0.25) is 10.0 Å². The zero-order valence-electron chi connectivity index (χ0n) is 20.0. The molecule has 9 heteroatoms. The van der Waals surface area contributed by atoms with Crippen LogP contribution in [0.25, 0.3) is 0 Å². The maximum atomic E-state index is 13.6. The fraction of sp³-hybridized carbons (Fsp3) is 0.708. The van der Waals surface area contributed by atoms with Gasteiger partial charge >= 0.3 is 0 Å². The fourth-order valence-corrected chi connectivity index (χ4v) is 6.76. The van der Waals surface area contributed by atoms with Crippen LogP contribution in [0.15, 0.2) is 23.1 Å². The van der Waals surface area contributed by atoms with Crippen LogP contribution in [0.2, 0.25) is 0 Å². The number of nitrogens with one attached hydrogen (secondary N) is 1. The molecule has 3 aliphatic rings. The van der Waals surface area contributed by atoms with Gasteiger partial charge in [0.1, 0.15) is 4.90 Å². The molecule has 8 nitrogen and oxygen atoms in total. The second-order valence-corrected chi connectivity index (χ2v) is 11.5. The van der Waals surface area contributed by atoms with Crippen LogP contribution in [0.3, 0.4) is 0 Å². The van der Waals surface area contributed by atoms with Crippen LogP contribution >= 0.6 is 0 Å². The van der Waals surface area contributed by atoms with Crippen LogP contribution in [0.5, 0.6) is 0 Å². The number of likely N-dealkylation sites (N-methyl/N-ethyl adjacent to an activating group) is 1. The van der Waals surface area contributed by atoms with Crippen LogP contribution in [0, 0.1) is 0 Å². The van der Waals surface area contributed by atoms with Crippen molar-refractivity contribution in [3.8, 4) is 0 Å². The minimum absolute atomic E-state index is 0.204. The molecule has 184 valence electrons. The molecule has 0 aliphatic carbocycles. The Hall–Kier alpha value is -1.68. The second kappa shape index (κ2) is 11.2. The number of rotatable bonds is 7. The van der Waals surface area contributed by atoms with Gasteiger partial charge in [-0.25, -0.2) is 8.42 Å². The van der Waals surface area contributed by atoms with Crippen molar-refractivity contribution in [2.45, 2.75) is 43.4 Å². The number of amides is 1. The Kier molecular flexibility index (Phi) is 8.27. The van der Waals surface area contributed by atoms with Gasteiger partial charge in [-0.2, -0.15) is 4.31 Å². The normalized spacial score (nSPS) is 21.8. The lowest BCUT2D eigenvalue weighted by Crippen LogP contribution is -2.46. The molecule has 3 fully saturated rings. The van der Waals surface area contributed by atoms with Gasteiger partial charge in [-0.3, -0.25) is 9.69 Å². The lowest BCUT2D eigenvalue weighted by Gasteiger charge is -2.33. The largest absolute Gasteiger partial charge is 0.370 e. The van der Waals surface area contributed by atoms with Crippen molar-refractivity contribution in [1.29, 1.82) is 0 Å². The highest BCUT2D eigenvalue weighted by Gasteiger charge is 2.31. The quantitative estimate of drug-likeness (QED) is 0.646. The van der Waals surface area contributed by atoms with Gasteiger partial charge in [0.25, 0.3) is 5.91 Å². The Bertz CT molecular complexity index is 903. The first-order valence-corrected chi connectivity index (χ1v) is 14.0. The molecule has 0 unspecified atom stereocenters. The Morgan fingerprint density at radius 1 is 0.879 bits per heavy atom. The standard InChI is InChI=1S/C24H39N5O3S/c1-26-16-18-27(19-17-26)15-10-25-24(30)21-8-9-22(28-11-4-2-5-12-28)23(20-21)33(31,32)29-13-6-3-7-14-29/h8-9,20H,2-7,10-19H2,1H3,(H,25,30). The molecule has 0 bridgehead atoms. The third kappa shape index (κ3) is 6.07. The van der Waals surface area contributed by atoms with Gasteiger partial charge in [-0.05, 0) is 57.4 Å². The maximum Gasteiger partial charge on any atom is 0.251 e. The highest BCUT2D eigenvalue weighted by atomic mass is 32.2. The maximum absolute atomic E-state index is 13.6. The predicted octanol–water partition coefficient (Wildman–Crippen LogP) is 1.83. The van der Waals surface area contributed by atoms with Gasteiger partial charge in [0.15, 0.2) is 0 Å². The lowest BCUT2D eigenvalue weighted by molar-refractivity contribution is 0.0941. The Balaban J connectivity index is 1.50. The van der Waals surface area contributed by atoms with E-state index in [1.54, 1.807) is 16.4 Å². The minimum Gasteiger partial charge on any atom is -0.370 e. The average Bonchev–Trinajstić information content (AvgIpc) is 2.86. The zero-order chi connectivity index (χ0) is 23.3. The number of anilines is 1. The zero-order valence-corrected chi connectivity index (χ0v) is 20.8. The topological polar surface area (TPSA) is 76.2 Å². The van der Waals surface area contributed by atoms with Crippen molar-refractivity contribution >= 4 is 21.6 Å². The second-order valence-electron chi connectivity index (χ2n) is 9.60. The molecule has 0 saturated carbocycles. The van der Waals surface area contributed by atoms with Gasteiger partial charge in [0.05, 0.1) is 5.69 Å². The highest BCUT2D eigenvalue weighted by Crippen LogP contribution is 2.32. The monoisotopic (exact) mass is 477 g/mol. The molecule has 3 saturated heterocycles. The minimum atomic E-state index is -3.64. The van der Waals surface area contributed by atoms with Crippen LogP contribution in [-0.4, -0.2) is 101 Å². The lowest BCUT2D eigenvalue weighted by atomic mass is 10.1. The summed E-state index contributed by atoms with van der Waals surface area (Å²) >= 11 is 0. The van der Waals surface area contributed by atoms with E-state index in [1.807, 2.05) is 6.07 Å². The van der Waals surface area contributed by atoms with Crippen LogP contribution < -0.4 is 10.2 Å². The molecular formula is C24H39N5O3S. The van der Waals surface area contributed by atoms with E-state index in [4.69, 9.17) is 0 Å². The number of piperidine rings is 2. The number of hydrogen-bond donors (Lipinski definition) is 1. The summed E-state index contributed by atoms with van der Waals surface area (Å²) in [6.07, 6.45) is 6.17. The number of piperazine rings is 1.